The third-order valence-electron chi connectivity index (χ3n) is 4.76. The Morgan fingerprint density at radius 1 is 1.16 bits per heavy atom. The van der Waals surface area contributed by atoms with Gasteiger partial charge in [-0.25, -0.2) is 0 Å². The molecule has 2 heteroatoms. The molecule has 2 nitrogen and oxygen atoms in total. The highest BCUT2D eigenvalue weighted by molar-refractivity contribution is 5.56. The Hall–Kier alpha value is -1.02. The Kier molecular flexibility index (Phi) is 4.07. The summed E-state index contributed by atoms with van der Waals surface area (Å²) in [6, 6.07) is 7.78. The average Bonchev–Trinajstić information content (AvgIpc) is 2.71. The van der Waals surface area contributed by atoms with Crippen LogP contribution in [0.25, 0.3) is 0 Å². The van der Waals surface area contributed by atoms with Gasteiger partial charge in [-0.15, -0.1) is 0 Å². The molecule has 3 rings (SSSR count). The van der Waals surface area contributed by atoms with Gasteiger partial charge >= 0.3 is 0 Å². The first-order valence-corrected chi connectivity index (χ1v) is 7.89. The third kappa shape index (κ3) is 3.11. The maximum atomic E-state index is 3.48. The molecule has 19 heavy (non-hydrogen) atoms. The van der Waals surface area contributed by atoms with E-state index in [9.17, 15) is 0 Å². The molecule has 1 saturated carbocycles. The summed E-state index contributed by atoms with van der Waals surface area (Å²) in [5.41, 5.74) is 4.31. The van der Waals surface area contributed by atoms with Crippen molar-refractivity contribution in [2.45, 2.75) is 57.5 Å². The maximum Gasteiger partial charge on any atom is 0.0376 e. The molecule has 104 valence electrons. The molecule has 1 aromatic rings. The molecule has 0 spiro atoms. The first kappa shape index (κ1) is 13.0. The second kappa shape index (κ2) is 5.96. The number of hydrogen-bond acceptors (Lipinski definition) is 2. The summed E-state index contributed by atoms with van der Waals surface area (Å²) in [6.07, 6.45) is 9.68. The summed E-state index contributed by atoms with van der Waals surface area (Å²) in [5, 5.41) is 3.48. The van der Waals surface area contributed by atoms with Crippen molar-refractivity contribution in [2.24, 2.45) is 0 Å². The molecule has 1 aliphatic heterocycles. The van der Waals surface area contributed by atoms with E-state index >= 15 is 0 Å². The minimum atomic E-state index is 0.795. The van der Waals surface area contributed by atoms with Crippen molar-refractivity contribution < 1.29 is 0 Å². The maximum absolute atomic E-state index is 3.48. The van der Waals surface area contributed by atoms with Gasteiger partial charge in [-0.1, -0.05) is 37.8 Å². The highest BCUT2D eigenvalue weighted by Gasteiger charge is 2.17. The third-order valence-corrected chi connectivity index (χ3v) is 4.76. The van der Waals surface area contributed by atoms with E-state index in [1.807, 2.05) is 0 Å². The van der Waals surface area contributed by atoms with Gasteiger partial charge in [0.05, 0.1) is 0 Å². The molecule has 0 unspecified atom stereocenters. The normalized spacial score (nSPS) is 20.1. The van der Waals surface area contributed by atoms with Gasteiger partial charge in [0.25, 0.3) is 0 Å². The number of anilines is 1. The lowest BCUT2D eigenvalue weighted by molar-refractivity contribution is 0.213. The fourth-order valence-electron chi connectivity index (χ4n) is 3.55. The van der Waals surface area contributed by atoms with Gasteiger partial charge in [-0.3, -0.25) is 4.90 Å². The summed E-state index contributed by atoms with van der Waals surface area (Å²) in [7, 11) is 2.30. The molecule has 0 radical (unpaired) electrons. The predicted molar refractivity (Wildman–Crippen MR) is 81.6 cm³/mol. The van der Waals surface area contributed by atoms with Gasteiger partial charge < -0.3 is 5.32 Å². The minimum Gasteiger partial charge on any atom is -0.384 e. The van der Waals surface area contributed by atoms with Gasteiger partial charge in [0.1, 0.15) is 0 Å². The van der Waals surface area contributed by atoms with Gasteiger partial charge in [-0.05, 0) is 43.5 Å². The highest BCUT2D eigenvalue weighted by Crippen LogP contribution is 2.26. The van der Waals surface area contributed by atoms with Gasteiger partial charge in [0.2, 0.25) is 0 Å². The number of hydrogen-bond donors (Lipinski definition) is 1. The molecule has 1 aliphatic carbocycles. The summed E-state index contributed by atoms with van der Waals surface area (Å²) >= 11 is 0. The average molecular weight is 258 g/mol. The lowest BCUT2D eigenvalue weighted by atomic mass is 10.1. The summed E-state index contributed by atoms with van der Waals surface area (Å²) in [4.78, 5) is 2.57. The molecule has 0 saturated heterocycles. The van der Waals surface area contributed by atoms with Crippen LogP contribution in [0.15, 0.2) is 18.2 Å². The van der Waals surface area contributed by atoms with E-state index in [1.54, 1.807) is 0 Å². The van der Waals surface area contributed by atoms with Crippen molar-refractivity contribution in [1.29, 1.82) is 0 Å². The summed E-state index contributed by atoms with van der Waals surface area (Å²) in [5.74, 6) is 0. The van der Waals surface area contributed by atoms with Gasteiger partial charge in [-0.2, -0.15) is 0 Å². The van der Waals surface area contributed by atoms with Crippen molar-refractivity contribution >= 4 is 5.69 Å². The first-order valence-electron chi connectivity index (χ1n) is 7.89. The quantitative estimate of drug-likeness (QED) is 0.829. The summed E-state index contributed by atoms with van der Waals surface area (Å²) < 4.78 is 0. The molecule has 0 bridgehead atoms. The minimum absolute atomic E-state index is 0.795. The first-order chi connectivity index (χ1) is 9.33. The lowest BCUT2D eigenvalue weighted by Gasteiger charge is -2.27. The standard InChI is InChI=1S/C17H26N2/c1-19(16-6-4-2-3-5-7-16)13-14-8-9-15-10-11-18-17(15)12-14/h8-9,12,16,18H,2-7,10-11,13H2,1H3. The fourth-order valence-corrected chi connectivity index (χ4v) is 3.55. The topological polar surface area (TPSA) is 15.3 Å². The molecule has 1 fully saturated rings. The zero-order valence-electron chi connectivity index (χ0n) is 12.1. The second-order valence-electron chi connectivity index (χ2n) is 6.23. The Morgan fingerprint density at radius 2 is 1.95 bits per heavy atom. The van der Waals surface area contributed by atoms with E-state index in [4.69, 9.17) is 0 Å². The number of fused-ring (bicyclic) bond motifs is 1. The zero-order chi connectivity index (χ0) is 13.1. The van der Waals surface area contributed by atoms with E-state index < -0.39 is 0 Å². The molecule has 1 aromatic carbocycles. The van der Waals surface area contributed by atoms with Crippen LogP contribution in [0.2, 0.25) is 0 Å². The Balaban J connectivity index is 1.63. The molecular formula is C17H26N2. The molecule has 0 atom stereocenters. The van der Waals surface area contributed by atoms with Crippen LogP contribution in [0.5, 0.6) is 0 Å². The van der Waals surface area contributed by atoms with Crippen molar-refractivity contribution in [3.63, 3.8) is 0 Å². The number of benzene rings is 1. The molecule has 0 aromatic heterocycles. The number of nitrogens with one attached hydrogen (secondary N) is 1. The van der Waals surface area contributed by atoms with E-state index in [0.717, 1.165) is 19.1 Å². The van der Waals surface area contributed by atoms with Crippen molar-refractivity contribution in [3.05, 3.63) is 29.3 Å². The second-order valence-corrected chi connectivity index (χ2v) is 6.23. The lowest BCUT2D eigenvalue weighted by Crippen LogP contribution is -2.30. The predicted octanol–water partition coefficient (Wildman–Crippen LogP) is 3.81. The molecule has 0 amide bonds. The van der Waals surface area contributed by atoms with Crippen LogP contribution in [-0.2, 0) is 13.0 Å². The SMILES string of the molecule is CN(Cc1ccc2c(c1)NCC2)C1CCCCCC1. The van der Waals surface area contributed by atoms with E-state index in [-0.39, 0.29) is 0 Å². The Bertz CT molecular complexity index is 419. The molecule has 1 heterocycles. The van der Waals surface area contributed by atoms with E-state index in [2.05, 4.69) is 35.5 Å². The van der Waals surface area contributed by atoms with Crippen LogP contribution >= 0.6 is 0 Å². The van der Waals surface area contributed by atoms with Crippen molar-refractivity contribution in [2.75, 3.05) is 18.9 Å². The highest BCUT2D eigenvalue weighted by atomic mass is 15.1. The van der Waals surface area contributed by atoms with Crippen LogP contribution in [0.4, 0.5) is 5.69 Å². The van der Waals surface area contributed by atoms with Crippen molar-refractivity contribution in [3.8, 4) is 0 Å². The Morgan fingerprint density at radius 3 is 2.74 bits per heavy atom. The number of nitrogens with zero attached hydrogens (tertiary/aromatic N) is 1. The van der Waals surface area contributed by atoms with Crippen LogP contribution < -0.4 is 5.32 Å². The molecular weight excluding hydrogens is 232 g/mol. The van der Waals surface area contributed by atoms with Gasteiger partial charge in [0.15, 0.2) is 0 Å². The van der Waals surface area contributed by atoms with E-state index in [0.29, 0.717) is 0 Å². The largest absolute Gasteiger partial charge is 0.384 e. The molecule has 2 aliphatic rings. The van der Waals surface area contributed by atoms with Crippen LogP contribution in [-0.4, -0.2) is 24.5 Å². The van der Waals surface area contributed by atoms with Crippen LogP contribution in [0.1, 0.15) is 49.7 Å². The monoisotopic (exact) mass is 258 g/mol. The van der Waals surface area contributed by atoms with Crippen molar-refractivity contribution in [1.82, 2.24) is 4.90 Å². The zero-order valence-corrected chi connectivity index (χ0v) is 12.1. The summed E-state index contributed by atoms with van der Waals surface area (Å²) in [6.45, 7) is 2.21. The molecule has 1 N–H and O–H groups in total. The van der Waals surface area contributed by atoms with Crippen LogP contribution in [0, 0.1) is 0 Å². The van der Waals surface area contributed by atoms with E-state index in [1.165, 1.54) is 61.8 Å². The fraction of sp³-hybridized carbons (Fsp3) is 0.647. The van der Waals surface area contributed by atoms with Crippen LogP contribution in [0.3, 0.4) is 0 Å². The Labute approximate surface area is 117 Å². The van der Waals surface area contributed by atoms with Gasteiger partial charge in [0, 0.05) is 24.8 Å². The smallest absolute Gasteiger partial charge is 0.0376 e. The number of rotatable bonds is 3.